The molecular formula is C12H17O3P. The third kappa shape index (κ3) is 1.73. The molecule has 88 valence electrons. The van der Waals surface area contributed by atoms with Gasteiger partial charge in [-0.05, 0) is 32.9 Å². The Kier molecular flexibility index (Phi) is 2.54. The molecule has 1 aliphatic heterocycles. The first-order chi connectivity index (χ1) is 7.27. The second-order valence-electron chi connectivity index (χ2n) is 5.13. The Morgan fingerprint density at radius 3 is 2.25 bits per heavy atom. The van der Waals surface area contributed by atoms with Crippen LogP contribution in [0.15, 0.2) is 30.3 Å². The van der Waals surface area contributed by atoms with Gasteiger partial charge in [-0.3, -0.25) is 4.57 Å². The van der Waals surface area contributed by atoms with Crippen LogP contribution in [-0.4, -0.2) is 16.0 Å². The van der Waals surface area contributed by atoms with Crippen molar-refractivity contribution in [2.45, 2.75) is 38.1 Å². The van der Waals surface area contributed by atoms with Gasteiger partial charge in [0.1, 0.15) is 5.34 Å². The van der Waals surface area contributed by atoms with E-state index in [0.717, 1.165) is 0 Å². The third-order valence-electron chi connectivity index (χ3n) is 2.87. The first-order valence-corrected chi connectivity index (χ1v) is 6.98. The molecule has 0 aromatic heterocycles. The highest BCUT2D eigenvalue weighted by Crippen LogP contribution is 2.67. The van der Waals surface area contributed by atoms with Gasteiger partial charge in [0.2, 0.25) is 0 Å². The van der Waals surface area contributed by atoms with E-state index < -0.39 is 18.3 Å². The maximum Gasteiger partial charge on any atom is 0.263 e. The Morgan fingerprint density at radius 2 is 1.81 bits per heavy atom. The summed E-state index contributed by atoms with van der Waals surface area (Å²) in [5.74, 6) is 0. The Labute approximate surface area is 95.9 Å². The summed E-state index contributed by atoms with van der Waals surface area (Å²) in [4.78, 5) is 0. The van der Waals surface area contributed by atoms with E-state index in [0.29, 0.717) is 11.7 Å². The molecule has 1 fully saturated rings. The highest BCUT2D eigenvalue weighted by atomic mass is 31.2. The van der Waals surface area contributed by atoms with Gasteiger partial charge < -0.3 is 9.63 Å². The van der Waals surface area contributed by atoms with Crippen LogP contribution >= 0.6 is 7.37 Å². The molecule has 0 amide bonds. The minimum atomic E-state index is -3.19. The van der Waals surface area contributed by atoms with Gasteiger partial charge in [0.05, 0.1) is 5.60 Å². The van der Waals surface area contributed by atoms with Gasteiger partial charge in [0.25, 0.3) is 7.37 Å². The predicted octanol–water partition coefficient (Wildman–Crippen LogP) is 2.50. The molecule has 0 radical (unpaired) electrons. The van der Waals surface area contributed by atoms with Crippen molar-refractivity contribution in [1.82, 2.24) is 0 Å². The molecule has 0 saturated carbocycles. The average molecular weight is 240 g/mol. The van der Waals surface area contributed by atoms with E-state index in [1.807, 2.05) is 19.9 Å². The molecule has 0 aliphatic carbocycles. The lowest BCUT2D eigenvalue weighted by Gasteiger charge is -2.24. The van der Waals surface area contributed by atoms with E-state index >= 15 is 0 Å². The van der Waals surface area contributed by atoms with Crippen molar-refractivity contribution < 1.29 is 14.2 Å². The molecule has 2 atom stereocenters. The fourth-order valence-electron chi connectivity index (χ4n) is 2.34. The fourth-order valence-corrected chi connectivity index (χ4v) is 5.12. The number of hydrogen-bond acceptors (Lipinski definition) is 3. The van der Waals surface area contributed by atoms with Crippen molar-refractivity contribution in [3.8, 4) is 0 Å². The number of hydrogen-bond donors (Lipinski definition) is 1. The van der Waals surface area contributed by atoms with E-state index in [2.05, 4.69) is 0 Å². The van der Waals surface area contributed by atoms with Gasteiger partial charge in [0.15, 0.2) is 0 Å². The summed E-state index contributed by atoms with van der Waals surface area (Å²) in [5.41, 5.74) is -0.547. The summed E-state index contributed by atoms with van der Waals surface area (Å²) >= 11 is 0. The smallest absolute Gasteiger partial charge is 0.263 e. The molecule has 0 spiro atoms. The molecule has 1 aromatic carbocycles. The van der Waals surface area contributed by atoms with Crippen molar-refractivity contribution >= 4 is 12.7 Å². The first-order valence-electron chi connectivity index (χ1n) is 5.36. The second-order valence-corrected chi connectivity index (χ2v) is 7.90. The third-order valence-corrected chi connectivity index (χ3v) is 6.02. The van der Waals surface area contributed by atoms with Crippen LogP contribution in [0.2, 0.25) is 0 Å². The topological polar surface area (TPSA) is 46.5 Å². The maximum atomic E-state index is 12.8. The lowest BCUT2D eigenvalue weighted by molar-refractivity contribution is 0.0933. The SMILES string of the molecule is CC1(C)C[C@](C)(O)[P@@](=O)(c2ccccc2)O1. The summed E-state index contributed by atoms with van der Waals surface area (Å²) in [6.45, 7) is 5.30. The Balaban J connectivity index is 2.51. The lowest BCUT2D eigenvalue weighted by Crippen LogP contribution is -2.26. The van der Waals surface area contributed by atoms with Gasteiger partial charge in [-0.15, -0.1) is 0 Å². The molecule has 1 aromatic rings. The molecule has 1 heterocycles. The molecule has 0 bridgehead atoms. The first kappa shape index (κ1) is 11.8. The molecular weight excluding hydrogens is 223 g/mol. The Hall–Kier alpha value is -0.630. The molecule has 3 nitrogen and oxygen atoms in total. The van der Waals surface area contributed by atoms with E-state index in [1.165, 1.54) is 0 Å². The Morgan fingerprint density at radius 1 is 1.25 bits per heavy atom. The second kappa shape index (κ2) is 3.43. The zero-order chi connectivity index (χ0) is 12.0. The molecule has 1 aliphatic rings. The summed E-state index contributed by atoms with van der Waals surface area (Å²) < 4.78 is 18.5. The lowest BCUT2D eigenvalue weighted by atomic mass is 10.0. The standard InChI is InChI=1S/C12H17O3P/c1-11(2)9-12(3,13)16(14,15-11)10-7-5-4-6-8-10/h4-8,13H,9H2,1-3H3/t12-,16-/m1/s1. The van der Waals surface area contributed by atoms with Crippen molar-refractivity contribution in [3.63, 3.8) is 0 Å². The van der Waals surface area contributed by atoms with E-state index in [1.54, 1.807) is 31.2 Å². The fraction of sp³-hybridized carbons (Fsp3) is 0.500. The van der Waals surface area contributed by atoms with Crippen molar-refractivity contribution in [2.24, 2.45) is 0 Å². The van der Waals surface area contributed by atoms with E-state index in [-0.39, 0.29) is 0 Å². The number of rotatable bonds is 1. The number of aliphatic hydroxyl groups is 1. The van der Waals surface area contributed by atoms with Crippen molar-refractivity contribution in [2.75, 3.05) is 0 Å². The normalized spacial score (nSPS) is 37.5. The minimum Gasteiger partial charge on any atom is -0.380 e. The van der Waals surface area contributed by atoms with Gasteiger partial charge >= 0.3 is 0 Å². The van der Waals surface area contributed by atoms with E-state index in [9.17, 15) is 9.67 Å². The summed E-state index contributed by atoms with van der Waals surface area (Å²) in [6.07, 6.45) is 0.381. The van der Waals surface area contributed by atoms with Gasteiger partial charge in [-0.25, -0.2) is 0 Å². The quantitative estimate of drug-likeness (QED) is 0.767. The number of benzene rings is 1. The highest BCUT2D eigenvalue weighted by Gasteiger charge is 2.57. The maximum absolute atomic E-state index is 12.8. The van der Waals surface area contributed by atoms with Gasteiger partial charge in [0, 0.05) is 11.7 Å². The zero-order valence-electron chi connectivity index (χ0n) is 9.80. The monoisotopic (exact) mass is 240 g/mol. The largest absolute Gasteiger partial charge is 0.380 e. The van der Waals surface area contributed by atoms with Crippen LogP contribution < -0.4 is 5.30 Å². The van der Waals surface area contributed by atoms with Crippen LogP contribution in [0.25, 0.3) is 0 Å². The molecule has 0 unspecified atom stereocenters. The molecule has 2 rings (SSSR count). The zero-order valence-corrected chi connectivity index (χ0v) is 10.7. The van der Waals surface area contributed by atoms with Crippen LogP contribution in [0, 0.1) is 0 Å². The predicted molar refractivity (Wildman–Crippen MR) is 64.1 cm³/mol. The van der Waals surface area contributed by atoms with E-state index in [4.69, 9.17) is 4.52 Å². The van der Waals surface area contributed by atoms with Gasteiger partial charge in [-0.1, -0.05) is 18.2 Å². The molecule has 1 saturated heterocycles. The van der Waals surface area contributed by atoms with Crippen LogP contribution in [0.5, 0.6) is 0 Å². The van der Waals surface area contributed by atoms with Crippen molar-refractivity contribution in [1.29, 1.82) is 0 Å². The van der Waals surface area contributed by atoms with Gasteiger partial charge in [-0.2, -0.15) is 0 Å². The van der Waals surface area contributed by atoms with Crippen LogP contribution in [-0.2, 0) is 9.09 Å². The Bertz CT molecular complexity index is 437. The summed E-state index contributed by atoms with van der Waals surface area (Å²) in [7, 11) is -3.19. The molecule has 4 heteroatoms. The molecule has 1 N–H and O–H groups in total. The van der Waals surface area contributed by atoms with Crippen LogP contribution in [0.4, 0.5) is 0 Å². The van der Waals surface area contributed by atoms with Crippen molar-refractivity contribution in [3.05, 3.63) is 30.3 Å². The summed E-state index contributed by atoms with van der Waals surface area (Å²) in [5, 5.41) is 9.62. The van der Waals surface area contributed by atoms with Crippen LogP contribution in [0.1, 0.15) is 27.2 Å². The molecule has 16 heavy (non-hydrogen) atoms. The minimum absolute atomic E-state index is 0.381. The van der Waals surface area contributed by atoms with Crippen LogP contribution in [0.3, 0.4) is 0 Å². The average Bonchev–Trinajstić information content (AvgIpc) is 2.33. The summed E-state index contributed by atoms with van der Waals surface area (Å²) in [6, 6.07) is 8.96. The highest BCUT2D eigenvalue weighted by molar-refractivity contribution is 7.68.